The van der Waals surface area contributed by atoms with Crippen LogP contribution in [0, 0.1) is 0 Å². The van der Waals surface area contributed by atoms with Crippen LogP contribution in [0.15, 0.2) is 71.7 Å². The van der Waals surface area contributed by atoms with E-state index in [0.29, 0.717) is 26.6 Å². The molecule has 0 heterocycles. The molecule has 1 unspecified atom stereocenters. The number of rotatable bonds is 6. The number of carbonyl (C=O) groups is 1. The highest BCUT2D eigenvalue weighted by atomic mass is 35.5. The van der Waals surface area contributed by atoms with Gasteiger partial charge in [-0.3, -0.25) is 4.99 Å². The molecule has 3 rings (SSSR count). The van der Waals surface area contributed by atoms with Crippen molar-refractivity contribution < 1.29 is 14.3 Å². The summed E-state index contributed by atoms with van der Waals surface area (Å²) in [7, 11) is 0. The molecule has 0 spiro atoms. The van der Waals surface area contributed by atoms with Gasteiger partial charge in [-0.05, 0) is 79.2 Å². The van der Waals surface area contributed by atoms with E-state index in [0.717, 1.165) is 11.3 Å². The number of ether oxygens (including phenoxy) is 2. The van der Waals surface area contributed by atoms with Crippen molar-refractivity contribution in [2.24, 2.45) is 4.99 Å². The third-order valence-electron chi connectivity index (χ3n) is 3.82. The number of carbonyl (C=O) groups excluding carboxylic acids is 1. The molecule has 3 aromatic carbocycles. The summed E-state index contributed by atoms with van der Waals surface area (Å²) in [6.45, 7) is 1.58. The molecule has 0 saturated carbocycles. The molecular weight excluding hydrogens is 433 g/mol. The van der Waals surface area contributed by atoms with Crippen LogP contribution in [0.1, 0.15) is 12.5 Å². The highest BCUT2D eigenvalue weighted by Crippen LogP contribution is 2.28. The van der Waals surface area contributed by atoms with Gasteiger partial charge in [0.15, 0.2) is 6.10 Å². The first kappa shape index (κ1) is 21.2. The Morgan fingerprint density at radius 3 is 2.24 bits per heavy atom. The molecule has 0 aliphatic rings. The summed E-state index contributed by atoms with van der Waals surface area (Å²) in [6, 6.07) is 18.9. The average Bonchev–Trinajstić information content (AvgIpc) is 2.70. The monoisotopic (exact) mass is 447 g/mol. The molecule has 1 atom stereocenters. The van der Waals surface area contributed by atoms with E-state index < -0.39 is 12.1 Å². The number of aliphatic imine (C=N–C) groups is 1. The van der Waals surface area contributed by atoms with Crippen LogP contribution < -0.4 is 9.47 Å². The maximum atomic E-state index is 12.3. The Hall–Kier alpha value is -2.53. The highest BCUT2D eigenvalue weighted by molar-refractivity contribution is 6.35. The van der Waals surface area contributed by atoms with E-state index in [1.807, 2.05) is 12.1 Å². The van der Waals surface area contributed by atoms with E-state index in [1.165, 1.54) is 0 Å². The molecule has 0 bridgehead atoms. The Labute approximate surface area is 183 Å². The number of nitrogens with zero attached hydrogens (tertiary/aromatic N) is 1. The number of hydrogen-bond donors (Lipinski definition) is 0. The number of halogens is 3. The lowest BCUT2D eigenvalue weighted by molar-refractivity contribution is -0.141. The van der Waals surface area contributed by atoms with Crippen LogP contribution in [0.5, 0.6) is 11.5 Å². The topological polar surface area (TPSA) is 47.9 Å². The first-order valence-electron chi connectivity index (χ1n) is 8.64. The second kappa shape index (κ2) is 9.79. The molecule has 0 aliphatic carbocycles. The second-order valence-electron chi connectivity index (χ2n) is 6.06. The third-order valence-corrected chi connectivity index (χ3v) is 4.60. The maximum Gasteiger partial charge on any atom is 0.352 e. The van der Waals surface area contributed by atoms with Crippen molar-refractivity contribution in [3.8, 4) is 11.5 Å². The largest absolute Gasteiger partial charge is 0.477 e. The molecule has 0 radical (unpaired) electrons. The maximum absolute atomic E-state index is 12.3. The predicted molar refractivity (Wildman–Crippen MR) is 117 cm³/mol. The van der Waals surface area contributed by atoms with Gasteiger partial charge >= 0.3 is 5.97 Å². The summed E-state index contributed by atoms with van der Waals surface area (Å²) < 4.78 is 10.9. The summed E-state index contributed by atoms with van der Waals surface area (Å²) in [6.07, 6.45) is 0.864. The Morgan fingerprint density at radius 2 is 1.59 bits per heavy atom. The molecule has 0 aromatic heterocycles. The zero-order chi connectivity index (χ0) is 20.8. The van der Waals surface area contributed by atoms with Gasteiger partial charge in [0.25, 0.3) is 0 Å². The lowest BCUT2D eigenvalue weighted by Crippen LogP contribution is -2.28. The van der Waals surface area contributed by atoms with Crippen LogP contribution >= 0.6 is 34.8 Å². The highest BCUT2D eigenvalue weighted by Gasteiger charge is 2.18. The fourth-order valence-electron chi connectivity index (χ4n) is 2.31. The molecule has 0 N–H and O–H groups in total. The SMILES string of the molecule is CC(Oc1ccc(Cl)cc1Cl)C(=O)Oc1ccc(C=Nc2ccc(Cl)cc2)cc1. The van der Waals surface area contributed by atoms with Crippen LogP contribution in [0.3, 0.4) is 0 Å². The van der Waals surface area contributed by atoms with Crippen molar-refractivity contribution >= 4 is 52.7 Å². The zero-order valence-electron chi connectivity index (χ0n) is 15.3. The third kappa shape index (κ3) is 6.23. The fourth-order valence-corrected chi connectivity index (χ4v) is 2.89. The smallest absolute Gasteiger partial charge is 0.352 e. The van der Waals surface area contributed by atoms with E-state index in [2.05, 4.69) is 4.99 Å². The average molecular weight is 449 g/mol. The summed E-state index contributed by atoms with van der Waals surface area (Å²) >= 11 is 17.8. The van der Waals surface area contributed by atoms with E-state index in [9.17, 15) is 4.79 Å². The van der Waals surface area contributed by atoms with Gasteiger partial charge in [-0.15, -0.1) is 0 Å². The van der Waals surface area contributed by atoms with E-state index in [4.69, 9.17) is 44.3 Å². The molecule has 0 amide bonds. The van der Waals surface area contributed by atoms with Gasteiger partial charge in [0.05, 0.1) is 10.7 Å². The summed E-state index contributed by atoms with van der Waals surface area (Å²) in [4.78, 5) is 16.6. The Bertz CT molecular complexity index is 1020. The van der Waals surface area contributed by atoms with Crippen LogP contribution in [0.2, 0.25) is 15.1 Å². The lowest BCUT2D eigenvalue weighted by Gasteiger charge is -2.15. The van der Waals surface area contributed by atoms with Crippen molar-refractivity contribution in [2.45, 2.75) is 13.0 Å². The minimum absolute atomic E-state index is 0.321. The standard InChI is InChI=1S/C22H16Cl3NO3/c1-14(28-21-11-6-17(24)12-20(21)25)22(27)29-19-9-2-15(3-10-19)13-26-18-7-4-16(23)5-8-18/h2-14H,1H3. The molecule has 0 fully saturated rings. The van der Waals surface area contributed by atoms with Gasteiger partial charge in [0, 0.05) is 16.3 Å². The molecular formula is C22H16Cl3NO3. The molecule has 0 aliphatic heterocycles. The Morgan fingerprint density at radius 1 is 0.931 bits per heavy atom. The minimum atomic E-state index is -0.847. The van der Waals surface area contributed by atoms with Crippen LogP contribution in [0.4, 0.5) is 5.69 Å². The van der Waals surface area contributed by atoms with Crippen molar-refractivity contribution in [1.29, 1.82) is 0 Å². The molecule has 29 heavy (non-hydrogen) atoms. The normalized spacial score (nSPS) is 12.0. The summed E-state index contributed by atoms with van der Waals surface area (Å²) in [5.74, 6) is 0.212. The minimum Gasteiger partial charge on any atom is -0.477 e. The number of hydrogen-bond acceptors (Lipinski definition) is 4. The molecule has 3 aromatic rings. The predicted octanol–water partition coefficient (Wildman–Crippen LogP) is 6.77. The Kier molecular flexibility index (Phi) is 7.15. The first-order valence-corrected chi connectivity index (χ1v) is 9.77. The van der Waals surface area contributed by atoms with E-state index in [1.54, 1.807) is 67.7 Å². The van der Waals surface area contributed by atoms with Crippen molar-refractivity contribution in [2.75, 3.05) is 0 Å². The van der Waals surface area contributed by atoms with Gasteiger partial charge in [0.2, 0.25) is 0 Å². The van der Waals surface area contributed by atoms with E-state index in [-0.39, 0.29) is 0 Å². The Balaban J connectivity index is 1.58. The molecule has 0 saturated heterocycles. The zero-order valence-corrected chi connectivity index (χ0v) is 17.6. The molecule has 148 valence electrons. The van der Waals surface area contributed by atoms with Crippen LogP contribution in [-0.4, -0.2) is 18.3 Å². The van der Waals surface area contributed by atoms with Crippen molar-refractivity contribution in [3.63, 3.8) is 0 Å². The van der Waals surface area contributed by atoms with Gasteiger partial charge in [-0.25, -0.2) is 4.79 Å². The lowest BCUT2D eigenvalue weighted by atomic mass is 10.2. The number of esters is 1. The first-order chi connectivity index (χ1) is 13.9. The van der Waals surface area contributed by atoms with Crippen molar-refractivity contribution in [3.05, 3.63) is 87.4 Å². The van der Waals surface area contributed by atoms with Gasteiger partial charge in [-0.2, -0.15) is 0 Å². The van der Waals surface area contributed by atoms with Crippen molar-refractivity contribution in [1.82, 2.24) is 0 Å². The van der Waals surface area contributed by atoms with Gasteiger partial charge in [0.1, 0.15) is 11.5 Å². The fraction of sp³-hybridized carbons (Fsp3) is 0.0909. The quantitative estimate of drug-likeness (QED) is 0.237. The summed E-state index contributed by atoms with van der Waals surface area (Å²) in [5.41, 5.74) is 1.65. The van der Waals surface area contributed by atoms with Gasteiger partial charge in [-0.1, -0.05) is 34.8 Å². The molecule has 7 heteroatoms. The van der Waals surface area contributed by atoms with E-state index >= 15 is 0 Å². The summed E-state index contributed by atoms with van der Waals surface area (Å²) in [5, 5.41) is 1.46. The number of benzene rings is 3. The molecule has 4 nitrogen and oxygen atoms in total. The second-order valence-corrected chi connectivity index (χ2v) is 7.34. The van der Waals surface area contributed by atoms with Crippen LogP contribution in [-0.2, 0) is 4.79 Å². The van der Waals surface area contributed by atoms with Crippen LogP contribution in [0.25, 0.3) is 0 Å². The van der Waals surface area contributed by atoms with Gasteiger partial charge < -0.3 is 9.47 Å².